The lowest BCUT2D eigenvalue weighted by atomic mass is 10.1. The van der Waals surface area contributed by atoms with Gasteiger partial charge in [-0.3, -0.25) is 0 Å². The van der Waals surface area contributed by atoms with E-state index in [0.29, 0.717) is 17.2 Å². The summed E-state index contributed by atoms with van der Waals surface area (Å²) in [5.41, 5.74) is 0.513. The summed E-state index contributed by atoms with van der Waals surface area (Å²) >= 11 is 0. The van der Waals surface area contributed by atoms with Crippen molar-refractivity contribution in [3.05, 3.63) is 42.1 Å². The molecule has 0 aliphatic rings. The highest BCUT2D eigenvalue weighted by Crippen LogP contribution is 2.30. The number of nitrogens with one attached hydrogen (secondary N) is 1. The zero-order valence-electron chi connectivity index (χ0n) is 9.49. The molecule has 0 atom stereocenters. The van der Waals surface area contributed by atoms with Gasteiger partial charge in [0.25, 0.3) is 0 Å². The minimum absolute atomic E-state index is 0.424. The molecule has 1 N–H and O–H groups in total. The van der Waals surface area contributed by atoms with Gasteiger partial charge in [0.1, 0.15) is 0 Å². The normalized spacial score (nSPS) is 11.3. The van der Waals surface area contributed by atoms with Crippen LogP contribution >= 0.6 is 0 Å². The van der Waals surface area contributed by atoms with Crippen LogP contribution in [0.1, 0.15) is 5.56 Å². The van der Waals surface area contributed by atoms with E-state index in [1.807, 2.05) is 0 Å². The summed E-state index contributed by atoms with van der Waals surface area (Å²) in [6.45, 7) is 0. The smallest absolute Gasteiger partial charge is 0.357 e. The number of rotatable bonds is 2. The summed E-state index contributed by atoms with van der Waals surface area (Å²) in [7, 11) is 1.67. The average Bonchev–Trinajstić information content (AvgIpc) is 2.38. The van der Waals surface area contributed by atoms with Gasteiger partial charge in [0.15, 0.2) is 0 Å². The van der Waals surface area contributed by atoms with E-state index in [-0.39, 0.29) is 0 Å². The van der Waals surface area contributed by atoms with Crippen molar-refractivity contribution in [3.63, 3.8) is 0 Å². The molecule has 2 rings (SSSR count). The fourth-order valence-corrected chi connectivity index (χ4v) is 1.47. The highest BCUT2D eigenvalue weighted by atomic mass is 19.4. The fourth-order valence-electron chi connectivity index (χ4n) is 1.47. The van der Waals surface area contributed by atoms with Crippen molar-refractivity contribution in [1.82, 2.24) is 9.97 Å². The van der Waals surface area contributed by atoms with Crippen molar-refractivity contribution in [3.8, 4) is 11.3 Å². The zero-order valence-corrected chi connectivity index (χ0v) is 9.49. The first-order valence-corrected chi connectivity index (χ1v) is 5.19. The van der Waals surface area contributed by atoms with E-state index in [1.54, 1.807) is 19.3 Å². The quantitative estimate of drug-likeness (QED) is 0.893. The van der Waals surface area contributed by atoms with E-state index in [1.165, 1.54) is 12.1 Å². The minimum Gasteiger partial charge on any atom is -0.357 e. The molecule has 0 spiro atoms. The lowest BCUT2D eigenvalue weighted by Gasteiger charge is -2.07. The van der Waals surface area contributed by atoms with E-state index in [0.717, 1.165) is 12.1 Å². The second kappa shape index (κ2) is 4.64. The summed E-state index contributed by atoms with van der Waals surface area (Å²) in [4.78, 5) is 8.09. The molecule has 1 aromatic heterocycles. The van der Waals surface area contributed by atoms with Crippen LogP contribution in [-0.2, 0) is 6.18 Å². The number of hydrogen-bond donors (Lipinski definition) is 1. The SMILES string of the molecule is CNc1nccc(-c2ccc(C(F)(F)F)cc2)n1. The molecule has 1 aromatic carbocycles. The number of aromatic nitrogens is 2. The van der Waals surface area contributed by atoms with Gasteiger partial charge in [-0.15, -0.1) is 0 Å². The Morgan fingerprint density at radius 2 is 1.72 bits per heavy atom. The molecule has 2 aromatic rings. The Bertz CT molecular complexity index is 535. The van der Waals surface area contributed by atoms with Gasteiger partial charge >= 0.3 is 6.18 Å². The number of halogens is 3. The molecule has 3 nitrogen and oxygen atoms in total. The van der Waals surface area contributed by atoms with E-state index in [2.05, 4.69) is 15.3 Å². The van der Waals surface area contributed by atoms with Crippen LogP contribution in [0, 0.1) is 0 Å². The third kappa shape index (κ3) is 2.58. The van der Waals surface area contributed by atoms with Crippen LogP contribution < -0.4 is 5.32 Å². The van der Waals surface area contributed by atoms with E-state index < -0.39 is 11.7 Å². The largest absolute Gasteiger partial charge is 0.416 e. The lowest BCUT2D eigenvalue weighted by Crippen LogP contribution is -2.04. The molecule has 1 heterocycles. The Morgan fingerprint density at radius 3 is 2.28 bits per heavy atom. The van der Waals surface area contributed by atoms with Gasteiger partial charge in [-0.05, 0) is 18.2 Å². The Balaban J connectivity index is 2.34. The van der Waals surface area contributed by atoms with Gasteiger partial charge in [-0.2, -0.15) is 13.2 Å². The van der Waals surface area contributed by atoms with Crippen molar-refractivity contribution >= 4 is 5.95 Å². The molecular formula is C12H10F3N3. The molecule has 0 unspecified atom stereocenters. The third-order valence-electron chi connectivity index (χ3n) is 2.39. The summed E-state index contributed by atoms with van der Waals surface area (Å²) in [6, 6.07) is 6.51. The first kappa shape index (κ1) is 12.3. The molecular weight excluding hydrogens is 243 g/mol. The van der Waals surface area contributed by atoms with Crippen molar-refractivity contribution in [1.29, 1.82) is 0 Å². The van der Waals surface area contributed by atoms with E-state index >= 15 is 0 Å². The van der Waals surface area contributed by atoms with Crippen LogP contribution in [0.5, 0.6) is 0 Å². The second-order valence-electron chi connectivity index (χ2n) is 3.59. The lowest BCUT2D eigenvalue weighted by molar-refractivity contribution is -0.137. The highest BCUT2D eigenvalue weighted by molar-refractivity contribution is 5.60. The zero-order chi connectivity index (χ0) is 13.2. The molecule has 0 radical (unpaired) electrons. The van der Waals surface area contributed by atoms with Gasteiger partial charge in [0.2, 0.25) is 5.95 Å². The maximum Gasteiger partial charge on any atom is 0.416 e. The first-order valence-electron chi connectivity index (χ1n) is 5.19. The summed E-state index contributed by atoms with van der Waals surface area (Å²) < 4.78 is 37.2. The highest BCUT2D eigenvalue weighted by Gasteiger charge is 2.29. The number of anilines is 1. The average molecular weight is 253 g/mol. The monoisotopic (exact) mass is 253 g/mol. The summed E-state index contributed by atoms with van der Waals surface area (Å²) in [5.74, 6) is 0.424. The summed E-state index contributed by atoms with van der Waals surface area (Å²) in [6.07, 6.45) is -2.77. The Hall–Kier alpha value is -2.11. The number of hydrogen-bond acceptors (Lipinski definition) is 3. The standard InChI is InChI=1S/C12H10F3N3/c1-16-11-17-7-6-10(18-11)8-2-4-9(5-3-8)12(13,14)15/h2-7H,1H3,(H,16,17,18). The van der Waals surface area contributed by atoms with Crippen LogP contribution in [0.15, 0.2) is 36.5 Å². The minimum atomic E-state index is -4.32. The molecule has 18 heavy (non-hydrogen) atoms. The van der Waals surface area contributed by atoms with Crippen molar-refractivity contribution in [2.24, 2.45) is 0 Å². The molecule has 94 valence electrons. The van der Waals surface area contributed by atoms with Crippen molar-refractivity contribution < 1.29 is 13.2 Å². The molecule has 0 amide bonds. The Morgan fingerprint density at radius 1 is 1.06 bits per heavy atom. The molecule has 0 saturated carbocycles. The Labute approximate surface area is 102 Å². The van der Waals surface area contributed by atoms with Crippen LogP contribution in [0.2, 0.25) is 0 Å². The Kier molecular flexibility index (Phi) is 3.18. The predicted octanol–water partition coefficient (Wildman–Crippen LogP) is 3.20. The fraction of sp³-hybridized carbons (Fsp3) is 0.167. The van der Waals surface area contributed by atoms with Gasteiger partial charge in [-0.25, -0.2) is 9.97 Å². The third-order valence-corrected chi connectivity index (χ3v) is 2.39. The van der Waals surface area contributed by atoms with Gasteiger partial charge in [0.05, 0.1) is 11.3 Å². The van der Waals surface area contributed by atoms with Crippen LogP contribution in [0.25, 0.3) is 11.3 Å². The van der Waals surface area contributed by atoms with Crippen molar-refractivity contribution in [2.75, 3.05) is 12.4 Å². The number of alkyl halides is 3. The number of nitrogens with zero attached hydrogens (tertiary/aromatic N) is 2. The molecule has 0 bridgehead atoms. The second-order valence-corrected chi connectivity index (χ2v) is 3.59. The molecule has 0 saturated heterocycles. The van der Waals surface area contributed by atoms with Crippen LogP contribution in [-0.4, -0.2) is 17.0 Å². The first-order chi connectivity index (χ1) is 8.50. The molecule has 0 fully saturated rings. The van der Waals surface area contributed by atoms with E-state index in [4.69, 9.17) is 0 Å². The van der Waals surface area contributed by atoms with Gasteiger partial charge in [-0.1, -0.05) is 12.1 Å². The van der Waals surface area contributed by atoms with Gasteiger partial charge in [0, 0.05) is 18.8 Å². The number of benzene rings is 1. The molecule has 0 aliphatic heterocycles. The molecule has 0 aliphatic carbocycles. The summed E-state index contributed by atoms with van der Waals surface area (Å²) in [5, 5.41) is 2.77. The molecule has 6 heteroatoms. The van der Waals surface area contributed by atoms with Gasteiger partial charge < -0.3 is 5.32 Å². The van der Waals surface area contributed by atoms with Crippen LogP contribution in [0.4, 0.5) is 19.1 Å². The topological polar surface area (TPSA) is 37.8 Å². The predicted molar refractivity (Wildman–Crippen MR) is 62.0 cm³/mol. The van der Waals surface area contributed by atoms with Crippen molar-refractivity contribution in [2.45, 2.75) is 6.18 Å². The van der Waals surface area contributed by atoms with E-state index in [9.17, 15) is 13.2 Å². The maximum atomic E-state index is 12.4. The van der Waals surface area contributed by atoms with Crippen LogP contribution in [0.3, 0.4) is 0 Å². The maximum absolute atomic E-state index is 12.4.